The van der Waals surface area contributed by atoms with Crippen LogP contribution in [0.1, 0.15) is 10.4 Å². The Morgan fingerprint density at radius 3 is 2.57 bits per heavy atom. The van der Waals surface area contributed by atoms with Crippen LogP contribution in [0.15, 0.2) is 41.5 Å². The Labute approximate surface area is 131 Å². The topological polar surface area (TPSA) is 75.4 Å². The number of aryl methyl sites for hydroxylation is 1. The number of nitrogens with zero attached hydrogens (tertiary/aromatic N) is 3. The molecule has 0 aliphatic carbocycles. The molecule has 2 heterocycles. The summed E-state index contributed by atoms with van der Waals surface area (Å²) in [6, 6.07) is 6.77. The van der Waals surface area contributed by atoms with Gasteiger partial charge in [0.15, 0.2) is 0 Å². The Kier molecular flexibility index (Phi) is 3.61. The van der Waals surface area contributed by atoms with Crippen molar-refractivity contribution < 1.29 is 14.4 Å². The van der Waals surface area contributed by atoms with E-state index in [0.717, 1.165) is 16.5 Å². The fourth-order valence-electron chi connectivity index (χ4n) is 2.40. The van der Waals surface area contributed by atoms with E-state index in [1.54, 1.807) is 31.6 Å². The number of ether oxygens (including phenoxy) is 1. The zero-order valence-corrected chi connectivity index (χ0v) is 12.9. The minimum Gasteiger partial charge on any atom is -0.465 e. The van der Waals surface area contributed by atoms with Gasteiger partial charge in [0.25, 0.3) is 0 Å². The molecule has 118 valence electrons. The van der Waals surface area contributed by atoms with Crippen LogP contribution in [0, 0.1) is 0 Å². The second kappa shape index (κ2) is 5.60. The molecule has 23 heavy (non-hydrogen) atoms. The van der Waals surface area contributed by atoms with Crippen molar-refractivity contribution in [2.75, 3.05) is 14.2 Å². The van der Waals surface area contributed by atoms with E-state index in [0.29, 0.717) is 11.1 Å². The Balaban J connectivity index is 2.26. The first-order chi connectivity index (χ1) is 11.0. The fourth-order valence-corrected chi connectivity index (χ4v) is 2.40. The van der Waals surface area contributed by atoms with Crippen molar-refractivity contribution in [3.63, 3.8) is 0 Å². The van der Waals surface area contributed by atoms with E-state index < -0.39 is 5.97 Å². The van der Waals surface area contributed by atoms with Gasteiger partial charge in [-0.1, -0.05) is 0 Å². The number of esters is 1. The van der Waals surface area contributed by atoms with Crippen molar-refractivity contribution in [2.24, 2.45) is 7.05 Å². The molecular formula is C16H15N3O4. The number of hydrogen-bond donors (Lipinski definition) is 0. The molecule has 0 spiro atoms. The highest BCUT2D eigenvalue weighted by Crippen LogP contribution is 2.27. The first-order valence-corrected chi connectivity index (χ1v) is 6.87. The van der Waals surface area contributed by atoms with Crippen molar-refractivity contribution >= 4 is 16.9 Å². The molecular weight excluding hydrogens is 298 g/mol. The van der Waals surface area contributed by atoms with Gasteiger partial charge in [-0.15, -0.1) is 9.94 Å². The Bertz CT molecular complexity index is 956. The largest absolute Gasteiger partial charge is 0.465 e. The van der Waals surface area contributed by atoms with Gasteiger partial charge in [0.2, 0.25) is 5.56 Å². The molecule has 0 aliphatic rings. The molecule has 0 radical (unpaired) electrons. The lowest BCUT2D eigenvalue weighted by Crippen LogP contribution is -2.14. The third kappa shape index (κ3) is 2.57. The summed E-state index contributed by atoms with van der Waals surface area (Å²) in [5, 5.41) is 4.94. The lowest BCUT2D eigenvalue weighted by atomic mass is 10.0. The van der Waals surface area contributed by atoms with E-state index in [9.17, 15) is 9.59 Å². The highest BCUT2D eigenvalue weighted by Gasteiger charge is 2.16. The fraction of sp³-hybridized carbons (Fsp3) is 0.188. The molecule has 0 atom stereocenters. The predicted molar refractivity (Wildman–Crippen MR) is 84.3 cm³/mol. The van der Waals surface area contributed by atoms with Gasteiger partial charge in [-0.2, -0.15) is 0 Å². The van der Waals surface area contributed by atoms with Crippen LogP contribution in [0.4, 0.5) is 0 Å². The normalized spacial score (nSPS) is 10.7. The molecule has 3 aromatic rings. The molecule has 7 nitrogen and oxygen atoms in total. The number of hydrogen-bond acceptors (Lipinski definition) is 5. The minimum absolute atomic E-state index is 0.102. The Morgan fingerprint density at radius 2 is 1.91 bits per heavy atom. The molecule has 0 unspecified atom stereocenters. The van der Waals surface area contributed by atoms with E-state index in [2.05, 4.69) is 5.10 Å². The average Bonchev–Trinajstić information content (AvgIpc) is 2.98. The van der Waals surface area contributed by atoms with Crippen molar-refractivity contribution in [1.29, 1.82) is 0 Å². The summed E-state index contributed by atoms with van der Waals surface area (Å²) in [6.45, 7) is 0. The summed E-state index contributed by atoms with van der Waals surface area (Å²) >= 11 is 0. The van der Waals surface area contributed by atoms with E-state index in [1.165, 1.54) is 29.7 Å². The number of carbonyl (C=O) groups is 1. The van der Waals surface area contributed by atoms with Crippen LogP contribution in [-0.2, 0) is 11.8 Å². The summed E-state index contributed by atoms with van der Waals surface area (Å²) in [6.07, 6.45) is 3.39. The van der Waals surface area contributed by atoms with Gasteiger partial charge in [0.05, 0.1) is 18.9 Å². The third-order valence-electron chi connectivity index (χ3n) is 3.60. The standard InChI is InChI=1S/C16H15N3O4/c1-18-8-10(4-5-14(18)20)11-6-12-9-19(23-3)17-15(12)13(7-11)16(21)22-2/h4-9H,1-3H3. The summed E-state index contributed by atoms with van der Waals surface area (Å²) < 4.78 is 6.32. The van der Waals surface area contributed by atoms with Crippen molar-refractivity contribution in [1.82, 2.24) is 14.5 Å². The zero-order chi connectivity index (χ0) is 16.6. The first kappa shape index (κ1) is 14.8. The van der Waals surface area contributed by atoms with Gasteiger partial charge >= 0.3 is 5.97 Å². The van der Waals surface area contributed by atoms with E-state index in [-0.39, 0.29) is 5.56 Å². The minimum atomic E-state index is -0.483. The lowest BCUT2D eigenvalue weighted by Gasteiger charge is -2.07. The number of aromatic nitrogens is 3. The van der Waals surface area contributed by atoms with Crippen LogP contribution in [0.3, 0.4) is 0 Å². The number of benzene rings is 1. The molecule has 0 bridgehead atoms. The Hall–Kier alpha value is -3.09. The number of fused-ring (bicyclic) bond motifs is 1. The van der Waals surface area contributed by atoms with Crippen LogP contribution in [-0.4, -0.2) is 34.7 Å². The van der Waals surface area contributed by atoms with Gasteiger partial charge in [0, 0.05) is 24.7 Å². The van der Waals surface area contributed by atoms with Crippen LogP contribution in [0.5, 0.6) is 0 Å². The van der Waals surface area contributed by atoms with E-state index in [1.807, 2.05) is 6.07 Å². The third-order valence-corrected chi connectivity index (χ3v) is 3.60. The van der Waals surface area contributed by atoms with Gasteiger partial charge in [-0.05, 0) is 29.3 Å². The molecule has 1 aromatic carbocycles. The zero-order valence-electron chi connectivity index (χ0n) is 12.9. The molecule has 0 amide bonds. The van der Waals surface area contributed by atoms with Crippen molar-refractivity contribution in [2.45, 2.75) is 0 Å². The first-order valence-electron chi connectivity index (χ1n) is 6.87. The number of carbonyl (C=O) groups excluding carboxylic acids is 1. The number of methoxy groups -OCH3 is 1. The molecule has 0 saturated carbocycles. The molecule has 7 heteroatoms. The van der Waals surface area contributed by atoms with Crippen LogP contribution < -0.4 is 10.4 Å². The van der Waals surface area contributed by atoms with Crippen molar-refractivity contribution in [3.8, 4) is 11.1 Å². The lowest BCUT2D eigenvalue weighted by molar-refractivity contribution is 0.0602. The predicted octanol–water partition coefficient (Wildman–Crippen LogP) is 1.25. The summed E-state index contributed by atoms with van der Waals surface area (Å²) in [7, 11) is 4.48. The monoisotopic (exact) mass is 313 g/mol. The average molecular weight is 313 g/mol. The summed E-state index contributed by atoms with van der Waals surface area (Å²) in [4.78, 5) is 29.9. The second-order valence-corrected chi connectivity index (χ2v) is 5.03. The van der Waals surface area contributed by atoms with E-state index >= 15 is 0 Å². The highest BCUT2D eigenvalue weighted by molar-refractivity contribution is 6.04. The second-order valence-electron chi connectivity index (χ2n) is 5.03. The van der Waals surface area contributed by atoms with Gasteiger partial charge in [0.1, 0.15) is 12.6 Å². The van der Waals surface area contributed by atoms with Gasteiger partial charge < -0.3 is 14.1 Å². The van der Waals surface area contributed by atoms with Crippen molar-refractivity contribution in [3.05, 3.63) is 52.6 Å². The maximum atomic E-state index is 12.1. The molecule has 2 aromatic heterocycles. The SMILES string of the molecule is COC(=O)c1cc(-c2ccc(=O)n(C)c2)cc2cn(OC)nc12. The van der Waals surface area contributed by atoms with E-state index in [4.69, 9.17) is 9.57 Å². The van der Waals surface area contributed by atoms with Crippen LogP contribution >= 0.6 is 0 Å². The molecule has 3 rings (SSSR count). The molecule has 0 saturated heterocycles. The number of rotatable bonds is 3. The highest BCUT2D eigenvalue weighted by atomic mass is 16.7. The van der Waals surface area contributed by atoms with Gasteiger partial charge in [-0.25, -0.2) is 4.79 Å². The molecule has 0 fully saturated rings. The maximum Gasteiger partial charge on any atom is 0.340 e. The Morgan fingerprint density at radius 1 is 1.13 bits per heavy atom. The molecule has 0 N–H and O–H groups in total. The maximum absolute atomic E-state index is 12.1. The quantitative estimate of drug-likeness (QED) is 0.680. The van der Waals surface area contributed by atoms with Crippen LogP contribution in [0.2, 0.25) is 0 Å². The number of pyridine rings is 1. The van der Waals surface area contributed by atoms with Gasteiger partial charge in [-0.3, -0.25) is 4.79 Å². The molecule has 0 aliphatic heterocycles. The van der Waals surface area contributed by atoms with Crippen LogP contribution in [0.25, 0.3) is 22.0 Å². The summed E-state index contributed by atoms with van der Waals surface area (Å²) in [5.41, 5.74) is 2.32. The summed E-state index contributed by atoms with van der Waals surface area (Å²) in [5.74, 6) is -0.483. The smallest absolute Gasteiger partial charge is 0.340 e.